The smallest absolute Gasteiger partial charge is 0.251 e. The van der Waals surface area contributed by atoms with Crippen LogP contribution in [0.15, 0.2) is 24.3 Å². The maximum absolute atomic E-state index is 12.8. The number of hydrogen-bond donors (Lipinski definition) is 1. The fourth-order valence-electron chi connectivity index (χ4n) is 5.20. The molecule has 1 aromatic rings. The van der Waals surface area contributed by atoms with Gasteiger partial charge in [-0.1, -0.05) is 25.7 Å². The van der Waals surface area contributed by atoms with Gasteiger partial charge in [-0.05, 0) is 75.9 Å². The van der Waals surface area contributed by atoms with E-state index in [1.807, 2.05) is 24.3 Å². The highest BCUT2D eigenvalue weighted by Gasteiger charge is 2.38. The van der Waals surface area contributed by atoms with E-state index in [9.17, 15) is 4.79 Å². The molecule has 2 heterocycles. The number of nitrogens with zero attached hydrogens (tertiary/aromatic N) is 1. The molecule has 1 saturated carbocycles. The number of amides is 1. The first kappa shape index (κ1) is 20.7. The maximum Gasteiger partial charge on any atom is 0.251 e. The van der Waals surface area contributed by atoms with Crippen LogP contribution >= 0.6 is 0 Å². The quantitative estimate of drug-likeness (QED) is 0.747. The SMILES string of the molecule is O=C(NCC1(N2CCCCC2)CCCCC1)c1ccc(OC[C@H]2CCCO2)cc1. The van der Waals surface area contributed by atoms with Crippen LogP contribution < -0.4 is 10.1 Å². The van der Waals surface area contributed by atoms with Crippen molar-refractivity contribution in [3.63, 3.8) is 0 Å². The Balaban J connectivity index is 1.31. The normalized spacial score (nSPS) is 24.9. The Kier molecular flexibility index (Phi) is 7.09. The molecule has 0 bridgehead atoms. The van der Waals surface area contributed by atoms with Crippen LogP contribution in [0.5, 0.6) is 5.75 Å². The van der Waals surface area contributed by atoms with Crippen LogP contribution in [0.3, 0.4) is 0 Å². The van der Waals surface area contributed by atoms with Gasteiger partial charge in [-0.25, -0.2) is 0 Å². The first-order valence-electron chi connectivity index (χ1n) is 11.6. The molecule has 3 aliphatic rings. The fraction of sp³-hybridized carbons (Fsp3) is 0.708. The molecule has 4 rings (SSSR count). The zero-order valence-corrected chi connectivity index (χ0v) is 17.7. The molecule has 29 heavy (non-hydrogen) atoms. The van der Waals surface area contributed by atoms with Crippen molar-refractivity contribution in [1.82, 2.24) is 10.2 Å². The second-order valence-corrected chi connectivity index (χ2v) is 8.99. The topological polar surface area (TPSA) is 50.8 Å². The molecule has 0 unspecified atom stereocenters. The van der Waals surface area contributed by atoms with Crippen molar-refractivity contribution in [2.24, 2.45) is 0 Å². The van der Waals surface area contributed by atoms with Gasteiger partial charge in [0.05, 0.1) is 6.10 Å². The Hall–Kier alpha value is -1.59. The van der Waals surface area contributed by atoms with Gasteiger partial charge in [0, 0.05) is 24.3 Å². The van der Waals surface area contributed by atoms with Crippen molar-refractivity contribution in [1.29, 1.82) is 0 Å². The first-order chi connectivity index (χ1) is 14.3. The average Bonchev–Trinajstić information content (AvgIpc) is 3.31. The van der Waals surface area contributed by atoms with E-state index in [2.05, 4.69) is 10.2 Å². The molecule has 0 radical (unpaired) electrons. The number of carbonyl (C=O) groups is 1. The molecular formula is C24H36N2O3. The standard InChI is InChI=1S/C24H36N2O3/c27-23(20-9-11-21(12-10-20)29-18-22-8-7-17-28-22)25-19-24(13-3-1-4-14-24)26-15-5-2-6-16-26/h9-12,22H,1-8,13-19H2,(H,25,27)/t22-/m1/s1. The molecule has 3 fully saturated rings. The van der Waals surface area contributed by atoms with E-state index in [0.29, 0.717) is 12.2 Å². The predicted molar refractivity (Wildman–Crippen MR) is 114 cm³/mol. The summed E-state index contributed by atoms with van der Waals surface area (Å²) >= 11 is 0. The van der Waals surface area contributed by atoms with Gasteiger partial charge in [-0.2, -0.15) is 0 Å². The molecule has 1 aliphatic carbocycles. The minimum Gasteiger partial charge on any atom is -0.491 e. The fourth-order valence-corrected chi connectivity index (χ4v) is 5.20. The van der Waals surface area contributed by atoms with Gasteiger partial charge in [0.25, 0.3) is 5.91 Å². The maximum atomic E-state index is 12.8. The van der Waals surface area contributed by atoms with Gasteiger partial charge in [-0.3, -0.25) is 9.69 Å². The molecular weight excluding hydrogens is 364 g/mol. The Morgan fingerprint density at radius 2 is 1.76 bits per heavy atom. The molecule has 2 aliphatic heterocycles. The highest BCUT2D eigenvalue weighted by atomic mass is 16.5. The summed E-state index contributed by atoms with van der Waals surface area (Å²) in [5, 5.41) is 3.26. The Bertz CT molecular complexity index is 643. The largest absolute Gasteiger partial charge is 0.491 e. The van der Waals surface area contributed by atoms with Crippen molar-refractivity contribution >= 4 is 5.91 Å². The zero-order valence-electron chi connectivity index (χ0n) is 17.7. The summed E-state index contributed by atoms with van der Waals surface area (Å²) in [6.07, 6.45) is 12.6. The number of nitrogens with one attached hydrogen (secondary N) is 1. The van der Waals surface area contributed by atoms with E-state index in [1.165, 1.54) is 64.5 Å². The lowest BCUT2D eigenvalue weighted by molar-refractivity contribution is 0.0326. The van der Waals surface area contributed by atoms with Crippen molar-refractivity contribution in [2.45, 2.75) is 75.9 Å². The number of benzene rings is 1. The van der Waals surface area contributed by atoms with E-state index in [0.717, 1.165) is 31.7 Å². The Morgan fingerprint density at radius 1 is 1.03 bits per heavy atom. The summed E-state index contributed by atoms with van der Waals surface area (Å²) in [7, 11) is 0. The van der Waals surface area contributed by atoms with Crippen LogP contribution in [0.1, 0.15) is 74.6 Å². The highest BCUT2D eigenvalue weighted by molar-refractivity contribution is 5.94. The molecule has 0 aromatic heterocycles. The van der Waals surface area contributed by atoms with Crippen molar-refractivity contribution < 1.29 is 14.3 Å². The monoisotopic (exact) mass is 400 g/mol. The molecule has 2 saturated heterocycles. The second kappa shape index (κ2) is 9.94. The van der Waals surface area contributed by atoms with E-state index in [-0.39, 0.29) is 17.6 Å². The number of piperidine rings is 1. The minimum absolute atomic E-state index is 0.0256. The number of carbonyl (C=O) groups excluding carboxylic acids is 1. The summed E-state index contributed by atoms with van der Waals surface area (Å²) in [4.78, 5) is 15.5. The van der Waals surface area contributed by atoms with Crippen molar-refractivity contribution in [3.8, 4) is 5.75 Å². The third-order valence-corrected chi connectivity index (χ3v) is 6.97. The lowest BCUT2D eigenvalue weighted by atomic mass is 9.79. The predicted octanol–water partition coefficient (Wildman–Crippen LogP) is 4.16. The van der Waals surface area contributed by atoms with Crippen LogP contribution in [0.4, 0.5) is 0 Å². The summed E-state index contributed by atoms with van der Waals surface area (Å²) in [5.74, 6) is 0.826. The Labute approximate surface area is 175 Å². The van der Waals surface area contributed by atoms with Gasteiger partial charge < -0.3 is 14.8 Å². The lowest BCUT2D eigenvalue weighted by Gasteiger charge is -2.48. The van der Waals surface area contributed by atoms with Crippen molar-refractivity contribution in [3.05, 3.63) is 29.8 Å². The highest BCUT2D eigenvalue weighted by Crippen LogP contribution is 2.35. The van der Waals surface area contributed by atoms with Crippen LogP contribution in [-0.4, -0.2) is 55.3 Å². The number of hydrogen-bond acceptors (Lipinski definition) is 4. The number of ether oxygens (including phenoxy) is 2. The summed E-state index contributed by atoms with van der Waals surface area (Å²) in [6.45, 7) is 4.57. The summed E-state index contributed by atoms with van der Waals surface area (Å²) < 4.78 is 11.4. The lowest BCUT2D eigenvalue weighted by Crippen LogP contribution is -2.58. The van der Waals surface area contributed by atoms with Gasteiger partial charge >= 0.3 is 0 Å². The van der Waals surface area contributed by atoms with Crippen molar-refractivity contribution in [2.75, 3.05) is 32.8 Å². The van der Waals surface area contributed by atoms with E-state index < -0.39 is 0 Å². The zero-order chi connectivity index (χ0) is 19.9. The van der Waals surface area contributed by atoms with Crippen LogP contribution in [0.25, 0.3) is 0 Å². The molecule has 1 N–H and O–H groups in total. The number of rotatable bonds is 7. The third-order valence-electron chi connectivity index (χ3n) is 6.97. The summed E-state index contributed by atoms with van der Waals surface area (Å²) in [6, 6.07) is 7.53. The van der Waals surface area contributed by atoms with E-state index in [1.54, 1.807) is 0 Å². The minimum atomic E-state index is 0.0256. The molecule has 0 spiro atoms. The molecule has 1 atom stereocenters. The second-order valence-electron chi connectivity index (χ2n) is 8.99. The molecule has 160 valence electrons. The van der Waals surface area contributed by atoms with Crippen LogP contribution in [-0.2, 0) is 4.74 Å². The summed E-state index contributed by atoms with van der Waals surface area (Å²) in [5.41, 5.74) is 0.873. The molecule has 5 nitrogen and oxygen atoms in total. The Morgan fingerprint density at radius 3 is 2.45 bits per heavy atom. The van der Waals surface area contributed by atoms with Gasteiger partial charge in [0.15, 0.2) is 0 Å². The van der Waals surface area contributed by atoms with Gasteiger partial charge in [0.2, 0.25) is 0 Å². The van der Waals surface area contributed by atoms with E-state index >= 15 is 0 Å². The van der Waals surface area contributed by atoms with Gasteiger partial charge in [-0.15, -0.1) is 0 Å². The number of likely N-dealkylation sites (tertiary alicyclic amines) is 1. The molecule has 1 aromatic carbocycles. The average molecular weight is 401 g/mol. The van der Waals surface area contributed by atoms with Crippen LogP contribution in [0, 0.1) is 0 Å². The molecule has 5 heteroatoms. The van der Waals surface area contributed by atoms with Crippen LogP contribution in [0.2, 0.25) is 0 Å². The molecule has 1 amide bonds. The van der Waals surface area contributed by atoms with Gasteiger partial charge in [0.1, 0.15) is 12.4 Å². The third kappa shape index (κ3) is 5.32. The van der Waals surface area contributed by atoms with E-state index in [4.69, 9.17) is 9.47 Å². The first-order valence-corrected chi connectivity index (χ1v) is 11.6.